The highest BCUT2D eigenvalue weighted by Crippen LogP contribution is 2.52. The first-order valence-corrected chi connectivity index (χ1v) is 13.5. The summed E-state index contributed by atoms with van der Waals surface area (Å²) in [6, 6.07) is 14.7. The summed E-state index contributed by atoms with van der Waals surface area (Å²) in [5.74, 6) is -0.116. The molecule has 0 aromatic heterocycles. The number of methoxy groups -OCH3 is 1. The summed E-state index contributed by atoms with van der Waals surface area (Å²) in [4.78, 5) is 27.3. The lowest BCUT2D eigenvalue weighted by Gasteiger charge is -2.50. The van der Waals surface area contributed by atoms with Crippen LogP contribution in [0.2, 0.25) is 0 Å². The molecule has 4 rings (SSSR count). The third-order valence-corrected chi connectivity index (χ3v) is 7.97. The molecule has 0 aliphatic carbocycles. The molecule has 2 atom stereocenters. The number of benzene rings is 2. The Bertz CT molecular complexity index is 1110. The second-order valence-corrected chi connectivity index (χ2v) is 10.3. The Kier molecular flexibility index (Phi) is 8.08. The van der Waals surface area contributed by atoms with Crippen molar-refractivity contribution >= 4 is 23.6 Å². The molecule has 2 saturated heterocycles. The van der Waals surface area contributed by atoms with Crippen LogP contribution in [-0.2, 0) is 19.9 Å². The summed E-state index contributed by atoms with van der Waals surface area (Å²) >= 11 is 1.55. The van der Waals surface area contributed by atoms with E-state index in [9.17, 15) is 22.8 Å². The van der Waals surface area contributed by atoms with Gasteiger partial charge in [0.15, 0.2) is 0 Å². The van der Waals surface area contributed by atoms with Crippen LogP contribution in [-0.4, -0.2) is 61.8 Å². The van der Waals surface area contributed by atoms with Crippen LogP contribution in [0.25, 0.3) is 0 Å². The number of ether oxygens (including phenoxy) is 2. The lowest BCUT2D eigenvalue weighted by Crippen LogP contribution is -2.60. The third-order valence-electron chi connectivity index (χ3n) is 7.62. The van der Waals surface area contributed by atoms with Gasteiger partial charge in [-0.05, 0) is 36.1 Å². The maximum atomic E-state index is 14.5. The molecule has 2 aromatic carbocycles. The smallest absolute Gasteiger partial charge is 0.430 e. The summed E-state index contributed by atoms with van der Waals surface area (Å²) in [7, 11) is 0.914. The number of para-hydroxylation sites is 1. The second kappa shape index (κ2) is 10.9. The van der Waals surface area contributed by atoms with Gasteiger partial charge in [0.05, 0.1) is 0 Å². The van der Waals surface area contributed by atoms with Gasteiger partial charge in [0.2, 0.25) is 5.91 Å². The number of hydrogen-bond donors (Lipinski definition) is 1. The van der Waals surface area contributed by atoms with Crippen LogP contribution in [0, 0.1) is 5.41 Å². The van der Waals surface area contributed by atoms with E-state index in [0.29, 0.717) is 25.3 Å². The van der Waals surface area contributed by atoms with Gasteiger partial charge in [0, 0.05) is 44.6 Å². The number of thioether (sulfide) groups is 1. The molecule has 37 heavy (non-hydrogen) atoms. The minimum atomic E-state index is -4.96. The Morgan fingerprint density at radius 1 is 1.11 bits per heavy atom. The number of piperidine rings is 2. The fourth-order valence-corrected chi connectivity index (χ4v) is 5.95. The predicted molar refractivity (Wildman–Crippen MR) is 135 cm³/mol. The SMILES string of the molecule is CO[C@@](C(=O)N1CCC2(CC1)CC(=O)NCC2c1ccccc1OCSC)(c1ccccc1)C(F)(F)F. The van der Waals surface area contributed by atoms with Crippen molar-refractivity contribution in [3.63, 3.8) is 0 Å². The van der Waals surface area contributed by atoms with Crippen molar-refractivity contribution in [3.8, 4) is 5.75 Å². The first kappa shape index (κ1) is 27.3. The number of nitrogens with zero attached hydrogens (tertiary/aromatic N) is 1. The molecule has 0 saturated carbocycles. The van der Waals surface area contributed by atoms with E-state index in [1.165, 1.54) is 29.2 Å². The summed E-state index contributed by atoms with van der Waals surface area (Å²) in [5, 5.41) is 2.95. The Morgan fingerprint density at radius 3 is 2.38 bits per heavy atom. The maximum absolute atomic E-state index is 14.5. The predicted octanol–water partition coefficient (Wildman–Crippen LogP) is 4.70. The van der Waals surface area contributed by atoms with E-state index < -0.39 is 23.1 Å². The molecule has 2 aliphatic heterocycles. The minimum Gasteiger partial charge on any atom is -0.483 e. The van der Waals surface area contributed by atoms with E-state index in [4.69, 9.17) is 9.47 Å². The molecule has 0 bridgehead atoms. The molecule has 1 spiro atoms. The fraction of sp³-hybridized carbons (Fsp3) is 0.481. The maximum Gasteiger partial charge on any atom is 0.430 e. The topological polar surface area (TPSA) is 67.9 Å². The number of rotatable bonds is 7. The van der Waals surface area contributed by atoms with Crippen molar-refractivity contribution in [1.82, 2.24) is 10.2 Å². The van der Waals surface area contributed by atoms with Crippen LogP contribution in [0.5, 0.6) is 5.75 Å². The summed E-state index contributed by atoms with van der Waals surface area (Å²) < 4.78 is 54.3. The molecular weight excluding hydrogens is 505 g/mol. The normalized spacial score (nSPS) is 21.3. The van der Waals surface area contributed by atoms with Crippen LogP contribution in [0.15, 0.2) is 54.6 Å². The largest absolute Gasteiger partial charge is 0.483 e. The number of amides is 2. The van der Waals surface area contributed by atoms with E-state index in [1.807, 2.05) is 30.5 Å². The number of hydrogen-bond acceptors (Lipinski definition) is 5. The monoisotopic (exact) mass is 536 g/mol. The summed E-state index contributed by atoms with van der Waals surface area (Å²) in [6.45, 7) is 0.579. The lowest BCUT2D eigenvalue weighted by atomic mass is 9.62. The molecule has 1 unspecified atom stereocenters. The Morgan fingerprint density at radius 2 is 1.76 bits per heavy atom. The molecular formula is C27H31F3N2O4S. The van der Waals surface area contributed by atoms with Crippen molar-refractivity contribution in [2.45, 2.75) is 37.0 Å². The van der Waals surface area contributed by atoms with E-state index in [1.54, 1.807) is 17.8 Å². The summed E-state index contributed by atoms with van der Waals surface area (Å²) in [5.41, 5.74) is -2.90. The standard InChI is InChI=1S/C27H31F3N2O4S/c1-35-26(27(28,29)30,19-8-4-3-5-9-19)24(34)32-14-12-25(13-15-32)16-23(33)31-17-21(25)20-10-6-7-11-22(20)36-18-37-2/h3-11,21H,12-18H2,1-2H3,(H,31,33)/t21?,26-/m1/s1. The molecule has 2 amide bonds. The van der Waals surface area contributed by atoms with Gasteiger partial charge >= 0.3 is 6.18 Å². The number of carbonyl (C=O) groups is 2. The number of nitrogens with one attached hydrogen (secondary N) is 1. The molecule has 2 heterocycles. The van der Waals surface area contributed by atoms with Gasteiger partial charge in [0.1, 0.15) is 11.7 Å². The van der Waals surface area contributed by atoms with E-state index >= 15 is 0 Å². The number of halogens is 3. The molecule has 0 radical (unpaired) electrons. The van der Waals surface area contributed by atoms with E-state index in [2.05, 4.69) is 5.32 Å². The van der Waals surface area contributed by atoms with Crippen LogP contribution >= 0.6 is 11.8 Å². The Hall–Kier alpha value is -2.72. The van der Waals surface area contributed by atoms with E-state index in [0.717, 1.165) is 18.4 Å². The van der Waals surface area contributed by atoms with Gasteiger partial charge in [-0.15, -0.1) is 11.8 Å². The van der Waals surface area contributed by atoms with Crippen molar-refractivity contribution < 1.29 is 32.2 Å². The van der Waals surface area contributed by atoms with Gasteiger partial charge in [-0.3, -0.25) is 9.59 Å². The van der Waals surface area contributed by atoms with Gasteiger partial charge in [-0.1, -0.05) is 48.5 Å². The van der Waals surface area contributed by atoms with E-state index in [-0.39, 0.29) is 36.9 Å². The zero-order valence-corrected chi connectivity index (χ0v) is 21.7. The van der Waals surface area contributed by atoms with Crippen molar-refractivity contribution in [2.24, 2.45) is 5.41 Å². The van der Waals surface area contributed by atoms with Crippen molar-refractivity contribution in [3.05, 3.63) is 65.7 Å². The molecule has 2 aliphatic rings. The molecule has 6 nitrogen and oxygen atoms in total. The second-order valence-electron chi connectivity index (χ2n) is 9.53. The molecule has 2 aromatic rings. The number of alkyl halides is 3. The highest BCUT2D eigenvalue weighted by Gasteiger charge is 2.64. The van der Waals surface area contributed by atoms with Gasteiger partial charge in [0.25, 0.3) is 11.5 Å². The first-order valence-electron chi connectivity index (χ1n) is 12.1. The molecule has 200 valence electrons. The number of carbonyl (C=O) groups excluding carboxylic acids is 2. The first-order chi connectivity index (χ1) is 17.7. The quantitative estimate of drug-likeness (QED) is 0.520. The zero-order valence-electron chi connectivity index (χ0n) is 20.8. The molecule has 10 heteroatoms. The Balaban J connectivity index is 1.62. The van der Waals surface area contributed by atoms with Crippen LogP contribution in [0.4, 0.5) is 13.2 Å². The minimum absolute atomic E-state index is 0.0878. The average molecular weight is 537 g/mol. The van der Waals surface area contributed by atoms with Crippen molar-refractivity contribution in [1.29, 1.82) is 0 Å². The van der Waals surface area contributed by atoms with Crippen LogP contribution in [0.1, 0.15) is 36.3 Å². The molecule has 1 N–H and O–H groups in total. The zero-order chi connectivity index (χ0) is 26.7. The third kappa shape index (κ3) is 5.05. The highest BCUT2D eigenvalue weighted by molar-refractivity contribution is 7.98. The lowest BCUT2D eigenvalue weighted by molar-refractivity contribution is -0.271. The van der Waals surface area contributed by atoms with Crippen molar-refractivity contribution in [2.75, 3.05) is 38.9 Å². The summed E-state index contributed by atoms with van der Waals surface area (Å²) in [6.07, 6.45) is -2.01. The Labute approximate surface area is 218 Å². The molecule has 2 fully saturated rings. The number of likely N-dealkylation sites (tertiary alicyclic amines) is 1. The van der Waals surface area contributed by atoms with Gasteiger partial charge < -0.3 is 19.7 Å². The average Bonchev–Trinajstić information content (AvgIpc) is 2.89. The fourth-order valence-electron chi connectivity index (χ4n) is 5.71. The van der Waals surface area contributed by atoms with Gasteiger partial charge in [-0.2, -0.15) is 13.2 Å². The van der Waals surface area contributed by atoms with Gasteiger partial charge in [-0.25, -0.2) is 0 Å². The van der Waals surface area contributed by atoms with Crippen LogP contribution in [0.3, 0.4) is 0 Å². The van der Waals surface area contributed by atoms with Crippen LogP contribution < -0.4 is 10.1 Å². The highest BCUT2D eigenvalue weighted by atomic mass is 32.2.